The van der Waals surface area contributed by atoms with Crippen molar-refractivity contribution >= 4 is 11.5 Å². The highest BCUT2D eigenvalue weighted by Crippen LogP contribution is 2.37. The van der Waals surface area contributed by atoms with Gasteiger partial charge in [0.25, 0.3) is 0 Å². The molecule has 2 aliphatic heterocycles. The van der Waals surface area contributed by atoms with Crippen molar-refractivity contribution in [1.82, 2.24) is 0 Å². The summed E-state index contributed by atoms with van der Waals surface area (Å²) in [5.41, 5.74) is 4.06. The largest absolute Gasteiger partial charge is 0.493 e. The summed E-state index contributed by atoms with van der Waals surface area (Å²) < 4.78 is 5.78. The number of Topliss-reactive ketones (excluding diaryl/α,β-unsaturated/α-hetero) is 1. The quantitative estimate of drug-likeness (QED) is 0.856. The van der Waals surface area contributed by atoms with E-state index in [0.29, 0.717) is 13.2 Å². The van der Waals surface area contributed by atoms with Crippen LogP contribution in [0.25, 0.3) is 0 Å². The van der Waals surface area contributed by atoms with Crippen LogP contribution in [0, 0.1) is 0 Å². The number of carbonyl (C=O) groups excluding carboxylic acids is 1. The maximum atomic E-state index is 13.0. The molecule has 0 bridgehead atoms. The van der Waals surface area contributed by atoms with Crippen LogP contribution < -0.4 is 10.1 Å². The Hall–Kier alpha value is -2.29. The lowest BCUT2D eigenvalue weighted by Crippen LogP contribution is -2.18. The Morgan fingerprint density at radius 3 is 3.00 bits per heavy atom. The molecule has 0 saturated carbocycles. The van der Waals surface area contributed by atoms with Gasteiger partial charge in [0, 0.05) is 12.2 Å². The molecule has 0 radical (unpaired) electrons. The SMILES string of the molecule is O=C(c1cccc2c1OCCC2)C1CNc2ccccc21. The van der Waals surface area contributed by atoms with Crippen LogP contribution in [0.4, 0.5) is 5.69 Å². The third-order valence-electron chi connectivity index (χ3n) is 4.35. The van der Waals surface area contributed by atoms with Gasteiger partial charge in [-0.15, -0.1) is 0 Å². The van der Waals surface area contributed by atoms with Crippen molar-refractivity contribution in [3.63, 3.8) is 0 Å². The fourth-order valence-electron chi connectivity index (χ4n) is 3.29. The summed E-state index contributed by atoms with van der Waals surface area (Å²) in [6.45, 7) is 1.37. The molecule has 4 rings (SSSR count). The minimum Gasteiger partial charge on any atom is -0.493 e. The first-order valence-electron chi connectivity index (χ1n) is 7.46. The Bertz CT molecular complexity index is 708. The zero-order chi connectivity index (χ0) is 14.2. The van der Waals surface area contributed by atoms with Crippen LogP contribution in [0.15, 0.2) is 42.5 Å². The molecule has 2 aromatic carbocycles. The average Bonchev–Trinajstić information content (AvgIpc) is 2.98. The van der Waals surface area contributed by atoms with Crippen LogP contribution in [0.1, 0.15) is 33.8 Å². The second-order valence-electron chi connectivity index (χ2n) is 5.63. The highest BCUT2D eigenvalue weighted by Gasteiger charge is 2.31. The Morgan fingerprint density at radius 2 is 2.05 bits per heavy atom. The number of ether oxygens (including phenoxy) is 1. The first-order chi connectivity index (χ1) is 10.3. The van der Waals surface area contributed by atoms with Crippen LogP contribution >= 0.6 is 0 Å². The molecule has 1 unspecified atom stereocenters. The van der Waals surface area contributed by atoms with Crippen LogP contribution in [0.2, 0.25) is 0 Å². The molecule has 0 aromatic heterocycles. The van der Waals surface area contributed by atoms with E-state index in [1.165, 1.54) is 0 Å². The molecule has 1 atom stereocenters. The number of para-hydroxylation sites is 2. The maximum absolute atomic E-state index is 13.0. The van der Waals surface area contributed by atoms with Crippen molar-refractivity contribution in [3.8, 4) is 5.75 Å². The van der Waals surface area contributed by atoms with Gasteiger partial charge in [-0.3, -0.25) is 4.79 Å². The molecule has 1 N–H and O–H groups in total. The van der Waals surface area contributed by atoms with Gasteiger partial charge in [-0.1, -0.05) is 30.3 Å². The number of hydrogen-bond acceptors (Lipinski definition) is 3. The predicted octanol–water partition coefficient (Wildman–Crippen LogP) is 3.40. The van der Waals surface area contributed by atoms with Crippen molar-refractivity contribution in [2.24, 2.45) is 0 Å². The van der Waals surface area contributed by atoms with Crippen molar-refractivity contribution in [1.29, 1.82) is 0 Å². The normalized spacial score (nSPS) is 19.1. The molecule has 106 valence electrons. The zero-order valence-corrected chi connectivity index (χ0v) is 11.8. The van der Waals surface area contributed by atoms with Gasteiger partial charge < -0.3 is 10.1 Å². The van der Waals surface area contributed by atoms with Gasteiger partial charge in [-0.25, -0.2) is 0 Å². The standard InChI is InChI=1S/C18H17NO2/c20-17(15-11-19-16-9-2-1-7-13(15)16)14-8-3-5-12-6-4-10-21-18(12)14/h1-3,5,7-9,15,19H,4,6,10-11H2. The molecular formula is C18H17NO2. The van der Waals surface area contributed by atoms with Gasteiger partial charge >= 0.3 is 0 Å². The van der Waals surface area contributed by atoms with Gasteiger partial charge in [-0.05, 0) is 36.1 Å². The van der Waals surface area contributed by atoms with Crippen molar-refractivity contribution in [3.05, 3.63) is 59.2 Å². The minimum atomic E-state index is -0.113. The summed E-state index contributed by atoms with van der Waals surface area (Å²) in [6, 6.07) is 14.0. The van der Waals surface area contributed by atoms with Gasteiger partial charge in [-0.2, -0.15) is 0 Å². The van der Waals surface area contributed by atoms with Gasteiger partial charge in [0.05, 0.1) is 18.1 Å². The van der Waals surface area contributed by atoms with E-state index in [1.807, 2.05) is 36.4 Å². The van der Waals surface area contributed by atoms with Crippen molar-refractivity contribution in [2.75, 3.05) is 18.5 Å². The van der Waals surface area contributed by atoms with E-state index >= 15 is 0 Å². The van der Waals surface area contributed by atoms with E-state index in [4.69, 9.17) is 4.74 Å². The highest BCUT2D eigenvalue weighted by atomic mass is 16.5. The van der Waals surface area contributed by atoms with Gasteiger partial charge in [0.1, 0.15) is 5.75 Å². The Kier molecular flexibility index (Phi) is 2.92. The summed E-state index contributed by atoms with van der Waals surface area (Å²) in [7, 11) is 0. The molecule has 3 heteroatoms. The highest BCUT2D eigenvalue weighted by molar-refractivity contribution is 6.05. The number of anilines is 1. The zero-order valence-electron chi connectivity index (χ0n) is 11.8. The molecule has 0 aliphatic carbocycles. The topological polar surface area (TPSA) is 38.3 Å². The van der Waals surface area contributed by atoms with E-state index in [0.717, 1.165) is 41.0 Å². The Labute approximate surface area is 123 Å². The molecule has 0 saturated heterocycles. The van der Waals surface area contributed by atoms with E-state index in [9.17, 15) is 4.79 Å². The van der Waals surface area contributed by atoms with Crippen molar-refractivity contribution < 1.29 is 9.53 Å². The summed E-state index contributed by atoms with van der Waals surface area (Å²) >= 11 is 0. The monoisotopic (exact) mass is 279 g/mol. The molecule has 0 spiro atoms. The lowest BCUT2D eigenvalue weighted by atomic mass is 9.90. The molecule has 2 aliphatic rings. The van der Waals surface area contributed by atoms with Crippen molar-refractivity contribution in [2.45, 2.75) is 18.8 Å². The Morgan fingerprint density at radius 1 is 1.14 bits per heavy atom. The minimum absolute atomic E-state index is 0.113. The predicted molar refractivity (Wildman–Crippen MR) is 82.3 cm³/mol. The number of nitrogens with one attached hydrogen (secondary N) is 1. The van der Waals surface area contributed by atoms with E-state index in [-0.39, 0.29) is 11.7 Å². The average molecular weight is 279 g/mol. The summed E-state index contributed by atoms with van der Waals surface area (Å²) in [6.07, 6.45) is 2.02. The number of benzene rings is 2. The second-order valence-corrected chi connectivity index (χ2v) is 5.63. The molecule has 21 heavy (non-hydrogen) atoms. The molecular weight excluding hydrogens is 262 g/mol. The molecule has 2 aromatic rings. The number of carbonyl (C=O) groups is 1. The fourth-order valence-corrected chi connectivity index (χ4v) is 3.29. The lowest BCUT2D eigenvalue weighted by Gasteiger charge is -2.21. The lowest BCUT2D eigenvalue weighted by molar-refractivity contribution is 0.0961. The number of aryl methyl sites for hydroxylation is 1. The maximum Gasteiger partial charge on any atom is 0.175 e. The molecule has 0 amide bonds. The number of rotatable bonds is 2. The third-order valence-corrected chi connectivity index (χ3v) is 4.35. The van der Waals surface area contributed by atoms with Crippen LogP contribution in [0.3, 0.4) is 0 Å². The number of fused-ring (bicyclic) bond motifs is 2. The summed E-state index contributed by atoms with van der Waals surface area (Å²) in [4.78, 5) is 13.0. The van der Waals surface area contributed by atoms with Gasteiger partial charge in [0.2, 0.25) is 0 Å². The summed E-state index contributed by atoms with van der Waals surface area (Å²) in [5.74, 6) is 0.850. The summed E-state index contributed by atoms with van der Waals surface area (Å²) in [5, 5.41) is 3.32. The number of hydrogen-bond donors (Lipinski definition) is 1. The van der Waals surface area contributed by atoms with Crippen LogP contribution in [0.5, 0.6) is 5.75 Å². The Balaban J connectivity index is 1.74. The first-order valence-corrected chi connectivity index (χ1v) is 7.46. The smallest absolute Gasteiger partial charge is 0.175 e. The molecule has 3 nitrogen and oxygen atoms in total. The van der Waals surface area contributed by atoms with Crippen LogP contribution in [-0.4, -0.2) is 18.9 Å². The first kappa shape index (κ1) is 12.5. The second kappa shape index (κ2) is 4.92. The number of ketones is 1. The fraction of sp³-hybridized carbons (Fsp3) is 0.278. The van der Waals surface area contributed by atoms with E-state index < -0.39 is 0 Å². The van der Waals surface area contributed by atoms with E-state index in [1.54, 1.807) is 0 Å². The third kappa shape index (κ3) is 2.00. The van der Waals surface area contributed by atoms with E-state index in [2.05, 4.69) is 11.4 Å². The molecule has 2 heterocycles. The van der Waals surface area contributed by atoms with Crippen LogP contribution in [-0.2, 0) is 6.42 Å². The van der Waals surface area contributed by atoms with Gasteiger partial charge in [0.15, 0.2) is 5.78 Å². The molecule has 0 fully saturated rings.